The van der Waals surface area contributed by atoms with Crippen LogP contribution in [0.2, 0.25) is 0 Å². The number of carbonyl (C=O) groups excluding carboxylic acids is 3. The summed E-state index contributed by atoms with van der Waals surface area (Å²) < 4.78 is 5.59. The van der Waals surface area contributed by atoms with Crippen LogP contribution in [0.4, 0.5) is 4.79 Å². The molecule has 0 aromatic rings. The molecular weight excluding hydrogens is 370 g/mol. The van der Waals surface area contributed by atoms with Gasteiger partial charge in [0.05, 0.1) is 0 Å². The Morgan fingerprint density at radius 2 is 1.83 bits per heavy atom. The number of amides is 3. The summed E-state index contributed by atoms with van der Waals surface area (Å²) in [6.45, 7) is 17.1. The fraction of sp³-hybridized carbons (Fsp3) is 0.773. The average Bonchev–Trinajstić information content (AvgIpc) is 3.03. The van der Waals surface area contributed by atoms with Crippen molar-refractivity contribution in [3.63, 3.8) is 0 Å². The van der Waals surface area contributed by atoms with Gasteiger partial charge in [0.1, 0.15) is 11.1 Å². The van der Waals surface area contributed by atoms with E-state index < -0.39 is 16.7 Å². The second-order valence-electron chi connectivity index (χ2n) is 10.3. The van der Waals surface area contributed by atoms with Gasteiger partial charge in [-0.1, -0.05) is 6.08 Å². The van der Waals surface area contributed by atoms with Gasteiger partial charge in [0.25, 0.3) is 0 Å². The number of nitrogens with zero attached hydrogens (tertiary/aromatic N) is 1. The summed E-state index contributed by atoms with van der Waals surface area (Å²) in [4.78, 5) is 40.3. The quantitative estimate of drug-likeness (QED) is 0.701. The van der Waals surface area contributed by atoms with Crippen LogP contribution < -0.4 is 10.6 Å². The summed E-state index contributed by atoms with van der Waals surface area (Å²) in [6.07, 6.45) is 3.25. The van der Waals surface area contributed by atoms with Crippen LogP contribution in [0.1, 0.15) is 67.7 Å². The van der Waals surface area contributed by atoms with E-state index >= 15 is 0 Å². The molecule has 1 saturated heterocycles. The number of likely N-dealkylation sites (tertiary alicyclic amines) is 1. The van der Waals surface area contributed by atoms with E-state index in [-0.39, 0.29) is 35.8 Å². The molecule has 2 fully saturated rings. The Kier molecular flexibility index (Phi) is 6.40. The molecule has 1 aliphatic heterocycles. The molecule has 1 heterocycles. The van der Waals surface area contributed by atoms with E-state index in [1.165, 1.54) is 6.92 Å². The second-order valence-corrected chi connectivity index (χ2v) is 10.3. The summed E-state index contributed by atoms with van der Waals surface area (Å²) in [6, 6.07) is -0.160. The van der Waals surface area contributed by atoms with Crippen LogP contribution in [0.3, 0.4) is 0 Å². The number of hydrogen-bond acceptors (Lipinski definition) is 4. The first-order chi connectivity index (χ1) is 13.2. The summed E-state index contributed by atoms with van der Waals surface area (Å²) in [7, 11) is 0. The summed E-state index contributed by atoms with van der Waals surface area (Å²) in [5, 5.41) is 6.08. The van der Waals surface area contributed by atoms with E-state index in [1.807, 2.05) is 41.5 Å². The van der Waals surface area contributed by atoms with Gasteiger partial charge in [-0.25, -0.2) is 4.79 Å². The second kappa shape index (κ2) is 8.00. The summed E-state index contributed by atoms with van der Waals surface area (Å²) in [5.41, 5.74) is -2.11. The maximum atomic E-state index is 13.6. The monoisotopic (exact) mass is 407 g/mol. The van der Waals surface area contributed by atoms with Crippen molar-refractivity contribution in [3.8, 4) is 0 Å². The molecule has 0 bridgehead atoms. The van der Waals surface area contributed by atoms with Crippen molar-refractivity contribution in [2.75, 3.05) is 6.54 Å². The minimum Gasteiger partial charge on any atom is -0.444 e. The first-order valence-corrected chi connectivity index (χ1v) is 10.4. The largest absolute Gasteiger partial charge is 0.444 e. The first kappa shape index (κ1) is 23.2. The van der Waals surface area contributed by atoms with Crippen molar-refractivity contribution in [2.45, 2.75) is 90.4 Å². The van der Waals surface area contributed by atoms with Crippen molar-refractivity contribution in [1.82, 2.24) is 15.5 Å². The zero-order valence-electron chi connectivity index (χ0n) is 18.9. The fourth-order valence-electron chi connectivity index (χ4n) is 4.83. The van der Waals surface area contributed by atoms with Crippen molar-refractivity contribution in [2.24, 2.45) is 11.8 Å². The molecule has 0 radical (unpaired) electrons. The van der Waals surface area contributed by atoms with Crippen LogP contribution in [0.5, 0.6) is 0 Å². The lowest BCUT2D eigenvalue weighted by molar-refractivity contribution is -0.137. The van der Waals surface area contributed by atoms with Gasteiger partial charge in [0, 0.05) is 31.0 Å². The Balaban J connectivity index is 2.43. The SMILES string of the molecule is C=CC[C@@H]1C[C@@H]2[C@@H](CCN2C(=O)OC(C)(C)C)C1(NC(C)=O)C(=O)NC(C)(C)C. The molecule has 7 nitrogen and oxygen atoms in total. The lowest BCUT2D eigenvalue weighted by atomic mass is 9.76. The Morgan fingerprint density at radius 3 is 2.31 bits per heavy atom. The van der Waals surface area contributed by atoms with Crippen LogP contribution in [0.15, 0.2) is 12.7 Å². The average molecular weight is 408 g/mol. The van der Waals surface area contributed by atoms with Crippen molar-refractivity contribution in [3.05, 3.63) is 12.7 Å². The molecule has 4 atom stereocenters. The predicted molar refractivity (Wildman–Crippen MR) is 112 cm³/mol. The van der Waals surface area contributed by atoms with Gasteiger partial charge >= 0.3 is 6.09 Å². The van der Waals surface area contributed by atoms with Crippen LogP contribution in [-0.4, -0.2) is 52.1 Å². The lowest BCUT2D eigenvalue weighted by Gasteiger charge is -2.40. The van der Waals surface area contributed by atoms with Gasteiger partial charge in [-0.15, -0.1) is 6.58 Å². The third-order valence-electron chi connectivity index (χ3n) is 5.63. The molecule has 2 aliphatic rings. The molecule has 1 saturated carbocycles. The van der Waals surface area contributed by atoms with E-state index in [4.69, 9.17) is 4.74 Å². The van der Waals surface area contributed by atoms with Crippen molar-refractivity contribution >= 4 is 17.9 Å². The third-order valence-corrected chi connectivity index (χ3v) is 5.63. The van der Waals surface area contributed by atoms with Crippen LogP contribution >= 0.6 is 0 Å². The van der Waals surface area contributed by atoms with E-state index in [1.54, 1.807) is 11.0 Å². The van der Waals surface area contributed by atoms with Crippen molar-refractivity contribution in [1.29, 1.82) is 0 Å². The van der Waals surface area contributed by atoms with Gasteiger partial charge in [-0.2, -0.15) is 0 Å². The summed E-state index contributed by atoms with van der Waals surface area (Å²) >= 11 is 0. The van der Waals surface area contributed by atoms with Crippen LogP contribution in [0.25, 0.3) is 0 Å². The number of hydrogen-bond donors (Lipinski definition) is 2. The minimum atomic E-state index is -1.07. The molecule has 164 valence electrons. The highest BCUT2D eigenvalue weighted by Crippen LogP contribution is 2.50. The highest BCUT2D eigenvalue weighted by atomic mass is 16.6. The number of allylic oxidation sites excluding steroid dienone is 1. The number of fused-ring (bicyclic) bond motifs is 1. The van der Waals surface area contributed by atoms with Gasteiger partial charge in [-0.3, -0.25) is 9.59 Å². The van der Waals surface area contributed by atoms with Gasteiger partial charge in [-0.05, 0) is 66.7 Å². The van der Waals surface area contributed by atoms with Crippen molar-refractivity contribution < 1.29 is 19.1 Å². The van der Waals surface area contributed by atoms with Crippen LogP contribution in [0, 0.1) is 11.8 Å². The van der Waals surface area contributed by atoms with Crippen LogP contribution in [-0.2, 0) is 14.3 Å². The smallest absolute Gasteiger partial charge is 0.410 e. The third kappa shape index (κ3) is 4.93. The van der Waals surface area contributed by atoms with Gasteiger partial charge < -0.3 is 20.3 Å². The number of ether oxygens (including phenoxy) is 1. The molecule has 3 amide bonds. The Labute approximate surface area is 174 Å². The van der Waals surface area contributed by atoms with Gasteiger partial charge in [0.2, 0.25) is 11.8 Å². The Hall–Kier alpha value is -2.05. The number of carbonyl (C=O) groups is 3. The molecule has 29 heavy (non-hydrogen) atoms. The molecule has 0 aromatic carbocycles. The van der Waals surface area contributed by atoms with Gasteiger partial charge in [0.15, 0.2) is 0 Å². The topological polar surface area (TPSA) is 87.7 Å². The predicted octanol–water partition coefficient (Wildman–Crippen LogP) is 3.00. The lowest BCUT2D eigenvalue weighted by Crippen LogP contribution is -2.66. The van der Waals surface area contributed by atoms with E-state index in [0.717, 1.165) is 0 Å². The molecule has 0 spiro atoms. The number of nitrogens with one attached hydrogen (secondary N) is 2. The molecule has 2 rings (SSSR count). The number of rotatable bonds is 4. The first-order valence-electron chi connectivity index (χ1n) is 10.4. The highest BCUT2D eigenvalue weighted by Gasteiger charge is 2.63. The molecule has 2 N–H and O–H groups in total. The molecular formula is C22H37N3O4. The molecule has 0 aromatic heterocycles. The maximum absolute atomic E-state index is 13.6. The molecule has 1 aliphatic carbocycles. The standard InChI is InChI=1S/C22H37N3O4/c1-9-10-15-13-17-16(11-12-25(17)19(28)29-21(6,7)8)22(15,23-14(2)26)18(27)24-20(3,4)5/h9,15-17H,1,10-13H2,2-8H3,(H,23,26)(H,24,27)/t15-,16-,17-,22?/m1/s1. The Morgan fingerprint density at radius 1 is 1.21 bits per heavy atom. The summed E-state index contributed by atoms with van der Waals surface area (Å²) in [5.74, 6) is -0.761. The zero-order valence-corrected chi connectivity index (χ0v) is 18.9. The zero-order chi connectivity index (χ0) is 22.2. The van der Waals surface area contributed by atoms with E-state index in [9.17, 15) is 14.4 Å². The maximum Gasteiger partial charge on any atom is 0.410 e. The van der Waals surface area contributed by atoms with E-state index in [0.29, 0.717) is 25.8 Å². The fourth-order valence-corrected chi connectivity index (χ4v) is 4.83. The highest BCUT2D eigenvalue weighted by molar-refractivity contribution is 5.93. The molecule has 7 heteroatoms. The molecule has 1 unspecified atom stereocenters. The normalized spacial score (nSPS) is 29.2. The van der Waals surface area contributed by atoms with E-state index in [2.05, 4.69) is 17.2 Å². The Bertz CT molecular complexity index is 677. The minimum absolute atomic E-state index is 0.147.